The molecular weight excluding hydrogens is 396 g/mol. The van der Waals surface area contributed by atoms with Crippen LogP contribution in [0.25, 0.3) is 0 Å². The lowest BCUT2D eigenvalue weighted by atomic mass is 9.74. The standard InChI is InChI=1S/C24H36N2O3S/c1-8-24(9-2,20-13-16(4)21(30-20)22(28)26-25)17-10-11-18(15(3)12-17)29-14-19(27)23(5,6)7/h10-13,19,27H,8-9,14,25H2,1-7H3,(H,26,28). The molecule has 0 radical (unpaired) electrons. The molecule has 1 atom stereocenters. The van der Waals surface area contributed by atoms with Crippen LogP contribution in [0.1, 0.15) is 78.7 Å². The molecule has 6 heteroatoms. The first-order chi connectivity index (χ1) is 14.0. The van der Waals surface area contributed by atoms with Gasteiger partial charge in [0.15, 0.2) is 0 Å². The number of hydrazine groups is 1. The number of thiophene rings is 1. The van der Waals surface area contributed by atoms with Crippen LogP contribution in [-0.2, 0) is 5.41 Å². The van der Waals surface area contributed by atoms with Crippen LogP contribution < -0.4 is 16.0 Å². The molecule has 0 spiro atoms. The van der Waals surface area contributed by atoms with E-state index in [-0.39, 0.29) is 23.3 Å². The number of benzene rings is 1. The number of amides is 1. The van der Waals surface area contributed by atoms with Gasteiger partial charge in [0.05, 0.1) is 11.0 Å². The average Bonchev–Trinajstić information content (AvgIpc) is 3.09. The highest BCUT2D eigenvalue weighted by Crippen LogP contribution is 2.44. The van der Waals surface area contributed by atoms with Crippen molar-refractivity contribution in [3.8, 4) is 5.75 Å². The van der Waals surface area contributed by atoms with Crippen LogP contribution in [0.4, 0.5) is 0 Å². The third-order valence-corrected chi connectivity index (χ3v) is 7.50. The Morgan fingerprint density at radius 1 is 1.17 bits per heavy atom. The number of nitrogen functional groups attached to an aromatic ring is 1. The molecule has 0 saturated heterocycles. The molecule has 0 fully saturated rings. The highest BCUT2D eigenvalue weighted by molar-refractivity contribution is 7.14. The predicted octanol–water partition coefficient (Wildman–Crippen LogP) is 4.86. The molecule has 1 aromatic carbocycles. The molecule has 1 heterocycles. The molecule has 0 aliphatic rings. The molecule has 4 N–H and O–H groups in total. The van der Waals surface area contributed by atoms with Crippen LogP contribution in [0, 0.1) is 19.3 Å². The molecule has 1 unspecified atom stereocenters. The van der Waals surface area contributed by atoms with Gasteiger partial charge in [0.25, 0.3) is 5.91 Å². The van der Waals surface area contributed by atoms with Gasteiger partial charge in [-0.3, -0.25) is 10.2 Å². The number of ether oxygens (including phenoxy) is 1. The van der Waals surface area contributed by atoms with Gasteiger partial charge in [-0.25, -0.2) is 5.84 Å². The lowest BCUT2D eigenvalue weighted by molar-refractivity contribution is 0.0216. The summed E-state index contributed by atoms with van der Waals surface area (Å²) in [5.41, 5.74) is 5.02. The summed E-state index contributed by atoms with van der Waals surface area (Å²) >= 11 is 1.51. The molecule has 2 rings (SSSR count). The monoisotopic (exact) mass is 432 g/mol. The van der Waals surface area contributed by atoms with Crippen molar-refractivity contribution in [3.63, 3.8) is 0 Å². The number of hydrogen-bond donors (Lipinski definition) is 3. The molecule has 5 nitrogen and oxygen atoms in total. The topological polar surface area (TPSA) is 84.6 Å². The Bertz CT molecular complexity index is 879. The first-order valence-electron chi connectivity index (χ1n) is 10.5. The molecule has 0 aliphatic carbocycles. The number of carbonyl (C=O) groups excluding carboxylic acids is 1. The van der Waals surface area contributed by atoms with Gasteiger partial charge in [-0.05, 0) is 60.9 Å². The number of hydrogen-bond acceptors (Lipinski definition) is 5. The first kappa shape index (κ1) is 24.4. The molecule has 1 aromatic heterocycles. The highest BCUT2D eigenvalue weighted by atomic mass is 32.1. The van der Waals surface area contributed by atoms with Crippen molar-refractivity contribution in [2.24, 2.45) is 11.3 Å². The molecule has 30 heavy (non-hydrogen) atoms. The van der Waals surface area contributed by atoms with Gasteiger partial charge in [-0.2, -0.15) is 0 Å². The molecule has 0 saturated carbocycles. The van der Waals surface area contributed by atoms with E-state index >= 15 is 0 Å². The van der Waals surface area contributed by atoms with Gasteiger partial charge >= 0.3 is 0 Å². The summed E-state index contributed by atoms with van der Waals surface area (Å²) in [5, 5.41) is 10.3. The van der Waals surface area contributed by atoms with Crippen molar-refractivity contribution in [2.45, 2.75) is 72.8 Å². The van der Waals surface area contributed by atoms with E-state index < -0.39 is 6.10 Å². The quantitative estimate of drug-likeness (QED) is 0.316. The second-order valence-electron chi connectivity index (χ2n) is 9.06. The van der Waals surface area contributed by atoms with Crippen molar-refractivity contribution in [1.82, 2.24) is 5.43 Å². The van der Waals surface area contributed by atoms with E-state index in [0.29, 0.717) is 4.88 Å². The van der Waals surface area contributed by atoms with E-state index in [2.05, 4.69) is 37.5 Å². The van der Waals surface area contributed by atoms with Gasteiger partial charge in [-0.15, -0.1) is 11.3 Å². The smallest absolute Gasteiger partial charge is 0.275 e. The zero-order valence-electron chi connectivity index (χ0n) is 19.3. The Kier molecular flexibility index (Phi) is 7.72. The number of aliphatic hydroxyl groups is 1. The van der Waals surface area contributed by atoms with Crippen molar-refractivity contribution < 1.29 is 14.6 Å². The fourth-order valence-corrected chi connectivity index (χ4v) is 5.11. The van der Waals surface area contributed by atoms with E-state index in [1.807, 2.05) is 40.7 Å². The molecular formula is C24H36N2O3S. The summed E-state index contributed by atoms with van der Waals surface area (Å²) in [5.74, 6) is 5.89. The maximum atomic E-state index is 12.1. The van der Waals surface area contributed by atoms with Crippen LogP contribution in [-0.4, -0.2) is 23.7 Å². The van der Waals surface area contributed by atoms with Crippen molar-refractivity contribution in [1.29, 1.82) is 0 Å². The van der Waals surface area contributed by atoms with E-state index in [4.69, 9.17) is 10.6 Å². The number of aliphatic hydroxyl groups excluding tert-OH is 1. The third kappa shape index (κ3) is 4.88. The molecule has 166 valence electrons. The second kappa shape index (κ2) is 9.50. The minimum atomic E-state index is -0.539. The average molecular weight is 433 g/mol. The van der Waals surface area contributed by atoms with Crippen LogP contribution in [0.5, 0.6) is 5.75 Å². The van der Waals surface area contributed by atoms with Crippen molar-refractivity contribution in [2.75, 3.05) is 6.61 Å². The Hall–Kier alpha value is -1.89. The van der Waals surface area contributed by atoms with Gasteiger partial charge in [0.1, 0.15) is 12.4 Å². The summed E-state index contributed by atoms with van der Waals surface area (Å²) in [6.45, 7) is 14.6. The Balaban J connectivity index is 2.39. The number of aryl methyl sites for hydroxylation is 2. The molecule has 0 bridgehead atoms. The SMILES string of the molecule is CCC(CC)(c1ccc(OCC(O)C(C)(C)C)c(C)c1)c1cc(C)c(C(=O)NN)s1. The lowest BCUT2D eigenvalue weighted by Crippen LogP contribution is -2.32. The largest absolute Gasteiger partial charge is 0.491 e. The van der Waals surface area contributed by atoms with Crippen molar-refractivity contribution >= 4 is 17.2 Å². The summed E-state index contributed by atoms with van der Waals surface area (Å²) in [6.07, 6.45) is 1.29. The minimum Gasteiger partial charge on any atom is -0.491 e. The summed E-state index contributed by atoms with van der Waals surface area (Å²) in [6, 6.07) is 8.38. The highest BCUT2D eigenvalue weighted by Gasteiger charge is 2.34. The molecule has 2 aromatic rings. The van der Waals surface area contributed by atoms with Crippen molar-refractivity contribution in [3.05, 3.63) is 50.7 Å². The third-order valence-electron chi connectivity index (χ3n) is 6.06. The second-order valence-corrected chi connectivity index (χ2v) is 10.1. The van der Waals surface area contributed by atoms with Crippen LogP contribution in [0.3, 0.4) is 0 Å². The maximum absolute atomic E-state index is 12.1. The maximum Gasteiger partial charge on any atom is 0.275 e. The summed E-state index contributed by atoms with van der Waals surface area (Å²) in [4.78, 5) is 13.9. The number of carbonyl (C=O) groups is 1. The predicted molar refractivity (Wildman–Crippen MR) is 124 cm³/mol. The molecule has 1 amide bonds. The number of nitrogens with one attached hydrogen (secondary N) is 1. The van der Waals surface area contributed by atoms with Gasteiger partial charge < -0.3 is 9.84 Å². The zero-order chi connectivity index (χ0) is 22.7. The van der Waals surface area contributed by atoms with Crippen LogP contribution in [0.15, 0.2) is 24.3 Å². The van der Waals surface area contributed by atoms with Crippen LogP contribution >= 0.6 is 11.3 Å². The van der Waals surface area contributed by atoms with E-state index in [0.717, 1.165) is 29.7 Å². The number of nitrogens with two attached hydrogens (primary N) is 1. The minimum absolute atomic E-state index is 0.184. The van der Waals surface area contributed by atoms with Gasteiger partial charge in [0, 0.05) is 10.3 Å². The lowest BCUT2D eigenvalue weighted by Gasteiger charge is -2.32. The number of rotatable bonds is 8. The Labute approximate surface area is 184 Å². The van der Waals surface area contributed by atoms with Gasteiger partial charge in [0.2, 0.25) is 0 Å². The van der Waals surface area contributed by atoms with E-state index in [1.165, 1.54) is 21.8 Å². The fraction of sp³-hybridized carbons (Fsp3) is 0.542. The Morgan fingerprint density at radius 2 is 1.80 bits per heavy atom. The van der Waals surface area contributed by atoms with Gasteiger partial charge in [-0.1, -0.05) is 46.8 Å². The molecule has 0 aliphatic heterocycles. The Morgan fingerprint density at radius 3 is 2.30 bits per heavy atom. The van der Waals surface area contributed by atoms with Crippen LogP contribution in [0.2, 0.25) is 0 Å². The normalized spacial score (nSPS) is 13.2. The first-order valence-corrected chi connectivity index (χ1v) is 11.4. The van der Waals surface area contributed by atoms with E-state index in [9.17, 15) is 9.90 Å². The summed E-state index contributed by atoms with van der Waals surface area (Å²) < 4.78 is 5.92. The zero-order valence-corrected chi connectivity index (χ0v) is 20.1. The fourth-order valence-electron chi connectivity index (χ4n) is 3.69. The van der Waals surface area contributed by atoms with E-state index in [1.54, 1.807) is 0 Å². The summed E-state index contributed by atoms with van der Waals surface area (Å²) in [7, 11) is 0.